The summed E-state index contributed by atoms with van der Waals surface area (Å²) < 4.78 is 33.8. The minimum Gasteiger partial charge on any atom is -0.495 e. The van der Waals surface area contributed by atoms with Gasteiger partial charge in [-0.05, 0) is 55.8 Å². The molecule has 0 bridgehead atoms. The fourth-order valence-corrected chi connectivity index (χ4v) is 5.63. The highest BCUT2D eigenvalue weighted by molar-refractivity contribution is 7.92. The van der Waals surface area contributed by atoms with Crippen LogP contribution in [-0.2, 0) is 26.2 Å². The van der Waals surface area contributed by atoms with Crippen molar-refractivity contribution < 1.29 is 22.7 Å². The fraction of sp³-hybridized carbons (Fsp3) is 0.259. The molecule has 0 fully saturated rings. The summed E-state index contributed by atoms with van der Waals surface area (Å²) in [5, 5.41) is 3.13. The first-order valence-corrected chi connectivity index (χ1v) is 13.9. The Labute approximate surface area is 233 Å². The van der Waals surface area contributed by atoms with E-state index < -0.39 is 34.4 Å². The van der Waals surface area contributed by atoms with Crippen molar-refractivity contribution >= 4 is 50.7 Å². The van der Waals surface area contributed by atoms with Crippen LogP contribution in [0.3, 0.4) is 0 Å². The molecule has 2 amide bonds. The predicted molar refractivity (Wildman–Crippen MR) is 149 cm³/mol. The van der Waals surface area contributed by atoms with Gasteiger partial charge in [-0.2, -0.15) is 0 Å². The molecule has 38 heavy (non-hydrogen) atoms. The molecule has 0 saturated carbocycles. The van der Waals surface area contributed by atoms with E-state index in [1.54, 1.807) is 43.3 Å². The SMILES string of the molecule is CNC(=O)[C@H](C)N(Cc1ccccc1Cl)C(=O)CN(c1ccc(OC)c(Cl)c1)S(=O)(=O)c1ccc(C)cc1. The second-order valence-electron chi connectivity index (χ2n) is 8.55. The number of methoxy groups -OCH3 is 1. The number of rotatable bonds is 10. The predicted octanol–water partition coefficient (Wildman–Crippen LogP) is 4.67. The third-order valence-electron chi connectivity index (χ3n) is 6.02. The summed E-state index contributed by atoms with van der Waals surface area (Å²) in [4.78, 5) is 27.6. The Kier molecular flexibility index (Phi) is 9.65. The van der Waals surface area contributed by atoms with Crippen LogP contribution in [0.25, 0.3) is 0 Å². The first-order valence-electron chi connectivity index (χ1n) is 11.7. The number of benzene rings is 3. The third kappa shape index (κ3) is 6.59. The second-order valence-corrected chi connectivity index (χ2v) is 11.2. The maximum Gasteiger partial charge on any atom is 0.264 e. The molecule has 0 aromatic heterocycles. The van der Waals surface area contributed by atoms with Crippen LogP contribution in [-0.4, -0.2) is 51.9 Å². The zero-order valence-electron chi connectivity index (χ0n) is 21.4. The molecule has 1 atom stereocenters. The summed E-state index contributed by atoms with van der Waals surface area (Å²) in [6.07, 6.45) is 0. The molecule has 202 valence electrons. The van der Waals surface area contributed by atoms with Gasteiger partial charge in [-0.25, -0.2) is 8.42 Å². The average molecular weight is 579 g/mol. The van der Waals surface area contributed by atoms with E-state index in [4.69, 9.17) is 27.9 Å². The molecule has 1 N–H and O–H groups in total. The number of nitrogens with one attached hydrogen (secondary N) is 1. The Morgan fingerprint density at radius 3 is 2.24 bits per heavy atom. The zero-order valence-corrected chi connectivity index (χ0v) is 23.8. The lowest BCUT2D eigenvalue weighted by atomic mass is 10.1. The van der Waals surface area contributed by atoms with Crippen LogP contribution < -0.4 is 14.4 Å². The number of anilines is 1. The average Bonchev–Trinajstić information content (AvgIpc) is 2.90. The highest BCUT2D eigenvalue weighted by Crippen LogP contribution is 2.32. The number of aryl methyl sites for hydroxylation is 1. The molecule has 0 saturated heterocycles. The Balaban J connectivity index is 2.08. The maximum atomic E-state index is 13.8. The first kappa shape index (κ1) is 29.3. The minimum atomic E-state index is -4.21. The molecule has 0 aliphatic rings. The van der Waals surface area contributed by atoms with Crippen molar-refractivity contribution in [1.29, 1.82) is 0 Å². The Morgan fingerprint density at radius 1 is 1.00 bits per heavy atom. The van der Waals surface area contributed by atoms with E-state index in [0.29, 0.717) is 16.3 Å². The van der Waals surface area contributed by atoms with E-state index in [2.05, 4.69) is 5.32 Å². The molecule has 11 heteroatoms. The van der Waals surface area contributed by atoms with Gasteiger partial charge in [0, 0.05) is 18.6 Å². The topological polar surface area (TPSA) is 96.0 Å². The number of nitrogens with zero attached hydrogens (tertiary/aromatic N) is 2. The van der Waals surface area contributed by atoms with Crippen LogP contribution in [0, 0.1) is 6.92 Å². The van der Waals surface area contributed by atoms with Gasteiger partial charge in [-0.3, -0.25) is 13.9 Å². The number of ether oxygens (including phenoxy) is 1. The fourth-order valence-electron chi connectivity index (χ4n) is 3.78. The first-order chi connectivity index (χ1) is 18.0. The highest BCUT2D eigenvalue weighted by Gasteiger charge is 2.32. The highest BCUT2D eigenvalue weighted by atomic mass is 35.5. The number of carbonyl (C=O) groups excluding carboxylic acids is 2. The molecule has 0 heterocycles. The molecule has 0 radical (unpaired) electrons. The Bertz CT molecular complexity index is 1410. The van der Waals surface area contributed by atoms with Gasteiger partial charge < -0.3 is 15.0 Å². The summed E-state index contributed by atoms with van der Waals surface area (Å²) in [5.41, 5.74) is 1.65. The van der Waals surface area contributed by atoms with Gasteiger partial charge in [0.25, 0.3) is 10.0 Å². The molecule has 3 rings (SSSR count). The normalized spacial score (nSPS) is 11.9. The van der Waals surface area contributed by atoms with Gasteiger partial charge >= 0.3 is 0 Å². The number of amides is 2. The number of carbonyl (C=O) groups is 2. The third-order valence-corrected chi connectivity index (χ3v) is 8.48. The van der Waals surface area contributed by atoms with E-state index in [-0.39, 0.29) is 22.2 Å². The van der Waals surface area contributed by atoms with Gasteiger partial charge in [0.1, 0.15) is 18.3 Å². The standard InChI is InChI=1S/C27H29Cl2N3O5S/c1-18-9-12-22(13-10-18)38(35,36)32(21-11-14-25(37-4)24(29)15-21)17-26(33)31(19(2)27(34)30-3)16-20-7-5-6-8-23(20)28/h5-15,19H,16-17H2,1-4H3,(H,30,34)/t19-/m0/s1. The van der Waals surface area contributed by atoms with Crippen molar-refractivity contribution in [3.05, 3.63) is 87.9 Å². The Morgan fingerprint density at radius 2 is 1.66 bits per heavy atom. The molecule has 0 aliphatic heterocycles. The lowest BCUT2D eigenvalue weighted by Gasteiger charge is -2.32. The largest absolute Gasteiger partial charge is 0.495 e. The smallest absolute Gasteiger partial charge is 0.264 e. The van der Waals surface area contributed by atoms with Crippen molar-refractivity contribution in [2.75, 3.05) is 25.0 Å². The molecule has 0 unspecified atom stereocenters. The summed E-state index contributed by atoms with van der Waals surface area (Å²) in [7, 11) is -1.30. The molecule has 3 aromatic carbocycles. The van der Waals surface area contributed by atoms with Crippen molar-refractivity contribution in [2.45, 2.75) is 31.3 Å². The zero-order chi connectivity index (χ0) is 28.0. The van der Waals surface area contributed by atoms with Crippen LogP contribution >= 0.6 is 23.2 Å². The number of likely N-dealkylation sites (N-methyl/N-ethyl adjacent to an activating group) is 1. The second kappa shape index (κ2) is 12.5. The molecule has 8 nitrogen and oxygen atoms in total. The van der Waals surface area contributed by atoms with Gasteiger partial charge in [0.15, 0.2) is 0 Å². The summed E-state index contributed by atoms with van der Waals surface area (Å²) in [5.74, 6) is -0.669. The van der Waals surface area contributed by atoms with Crippen LogP contribution in [0.2, 0.25) is 10.0 Å². The summed E-state index contributed by atoms with van der Waals surface area (Å²) >= 11 is 12.6. The van der Waals surface area contributed by atoms with Crippen LogP contribution in [0.15, 0.2) is 71.6 Å². The lowest BCUT2D eigenvalue weighted by Crippen LogP contribution is -2.50. The van der Waals surface area contributed by atoms with Crippen LogP contribution in [0.4, 0.5) is 5.69 Å². The van der Waals surface area contributed by atoms with Crippen molar-refractivity contribution in [2.24, 2.45) is 0 Å². The quantitative estimate of drug-likeness (QED) is 0.378. The van der Waals surface area contributed by atoms with Crippen molar-refractivity contribution in [3.8, 4) is 5.75 Å². The number of sulfonamides is 1. The van der Waals surface area contributed by atoms with Gasteiger partial charge in [0.2, 0.25) is 11.8 Å². The molecule has 0 spiro atoms. The molecular weight excluding hydrogens is 549 g/mol. The van der Waals surface area contributed by atoms with Crippen molar-refractivity contribution in [1.82, 2.24) is 10.2 Å². The van der Waals surface area contributed by atoms with E-state index in [1.807, 2.05) is 6.92 Å². The summed E-state index contributed by atoms with van der Waals surface area (Å²) in [6, 6.07) is 16.8. The van der Waals surface area contributed by atoms with E-state index in [0.717, 1.165) is 9.87 Å². The van der Waals surface area contributed by atoms with E-state index in [1.165, 1.54) is 49.4 Å². The van der Waals surface area contributed by atoms with Crippen LogP contribution in [0.1, 0.15) is 18.1 Å². The maximum absolute atomic E-state index is 13.8. The molecule has 3 aromatic rings. The molecule has 0 aliphatic carbocycles. The number of hydrogen-bond acceptors (Lipinski definition) is 5. The van der Waals surface area contributed by atoms with Gasteiger partial charge in [-0.1, -0.05) is 59.1 Å². The monoisotopic (exact) mass is 577 g/mol. The Hall–Kier alpha value is -3.27. The van der Waals surface area contributed by atoms with Crippen LogP contribution in [0.5, 0.6) is 5.75 Å². The number of halogens is 2. The molecular formula is C27H29Cl2N3O5S. The number of hydrogen-bond donors (Lipinski definition) is 1. The van der Waals surface area contributed by atoms with E-state index in [9.17, 15) is 18.0 Å². The van der Waals surface area contributed by atoms with Gasteiger partial charge in [-0.15, -0.1) is 0 Å². The summed E-state index contributed by atoms with van der Waals surface area (Å²) in [6.45, 7) is 2.81. The lowest BCUT2D eigenvalue weighted by molar-refractivity contribution is -0.139. The van der Waals surface area contributed by atoms with Crippen molar-refractivity contribution in [3.63, 3.8) is 0 Å². The van der Waals surface area contributed by atoms with E-state index >= 15 is 0 Å². The van der Waals surface area contributed by atoms with Gasteiger partial charge in [0.05, 0.1) is 22.7 Å². The minimum absolute atomic E-state index is 0.000144.